The minimum Gasteiger partial charge on any atom is -0.307 e. The Morgan fingerprint density at radius 1 is 1.55 bits per heavy atom. The highest BCUT2D eigenvalue weighted by Gasteiger charge is 2.50. The van der Waals surface area contributed by atoms with Crippen LogP contribution in [0.1, 0.15) is 25.3 Å². The lowest BCUT2D eigenvalue weighted by Crippen LogP contribution is -2.45. The van der Waals surface area contributed by atoms with Crippen molar-refractivity contribution in [3.05, 3.63) is 34.1 Å². The van der Waals surface area contributed by atoms with Crippen LogP contribution in [0.15, 0.2) is 22.7 Å². The van der Waals surface area contributed by atoms with Gasteiger partial charge in [0.15, 0.2) is 0 Å². The lowest BCUT2D eigenvalue weighted by Gasteiger charge is -2.34. The minimum absolute atomic E-state index is 0.0279. The van der Waals surface area contributed by atoms with Crippen molar-refractivity contribution < 1.29 is 9.18 Å². The van der Waals surface area contributed by atoms with E-state index in [9.17, 15) is 9.18 Å². The van der Waals surface area contributed by atoms with E-state index in [1.54, 1.807) is 24.0 Å². The molecule has 1 aromatic rings. The first-order chi connectivity index (χ1) is 9.42. The Bertz CT molecular complexity index is 602. The zero-order valence-corrected chi connectivity index (χ0v) is 12.6. The molecule has 3 rings (SSSR count). The summed E-state index contributed by atoms with van der Waals surface area (Å²) in [6, 6.07) is 4.30. The van der Waals surface area contributed by atoms with E-state index in [0.717, 1.165) is 17.3 Å². The highest BCUT2D eigenvalue weighted by molar-refractivity contribution is 9.10. The Morgan fingerprint density at radius 3 is 2.90 bits per heavy atom. The monoisotopic (exact) mass is 339 g/mol. The Hall–Kier alpha value is -1.43. The van der Waals surface area contributed by atoms with Crippen LogP contribution in [-0.2, 0) is 5.54 Å². The van der Waals surface area contributed by atoms with Crippen LogP contribution in [0.4, 0.5) is 9.18 Å². The van der Waals surface area contributed by atoms with Gasteiger partial charge >= 0.3 is 6.03 Å². The normalized spacial score (nSPS) is 26.1. The molecular formula is C14H15BrFN3O. The summed E-state index contributed by atoms with van der Waals surface area (Å²) < 4.78 is 14.9. The third-order valence-electron chi connectivity index (χ3n) is 4.09. The second-order valence-electron chi connectivity index (χ2n) is 5.56. The van der Waals surface area contributed by atoms with E-state index in [2.05, 4.69) is 21.2 Å². The first-order valence-corrected chi connectivity index (χ1v) is 7.35. The van der Waals surface area contributed by atoms with E-state index in [0.29, 0.717) is 18.0 Å². The molecule has 1 heterocycles. The molecule has 106 valence electrons. The third kappa shape index (κ3) is 2.02. The van der Waals surface area contributed by atoms with E-state index in [1.807, 2.05) is 0 Å². The molecule has 1 aliphatic carbocycles. The molecule has 2 fully saturated rings. The van der Waals surface area contributed by atoms with Crippen molar-refractivity contribution >= 4 is 27.8 Å². The predicted octanol–water partition coefficient (Wildman–Crippen LogP) is 3.22. The number of amidine groups is 1. The maximum Gasteiger partial charge on any atom is 0.323 e. The van der Waals surface area contributed by atoms with E-state index < -0.39 is 11.4 Å². The van der Waals surface area contributed by atoms with Crippen LogP contribution < -0.4 is 5.32 Å². The number of benzene rings is 1. The van der Waals surface area contributed by atoms with Gasteiger partial charge in [-0.25, -0.2) is 9.18 Å². The van der Waals surface area contributed by atoms with Gasteiger partial charge in [0.1, 0.15) is 17.2 Å². The molecule has 4 nitrogen and oxygen atoms in total. The fraction of sp³-hybridized carbons (Fsp3) is 0.429. The Morgan fingerprint density at radius 2 is 2.25 bits per heavy atom. The first-order valence-electron chi connectivity index (χ1n) is 6.56. The van der Waals surface area contributed by atoms with Gasteiger partial charge in [0.25, 0.3) is 0 Å². The van der Waals surface area contributed by atoms with Gasteiger partial charge in [-0.1, -0.05) is 15.9 Å². The molecule has 2 amide bonds. The van der Waals surface area contributed by atoms with Crippen molar-refractivity contribution in [1.29, 1.82) is 5.41 Å². The number of halogens is 2. The number of nitrogens with one attached hydrogen (secondary N) is 2. The summed E-state index contributed by atoms with van der Waals surface area (Å²) in [5.74, 6) is 0.0964. The van der Waals surface area contributed by atoms with Crippen LogP contribution in [0.3, 0.4) is 0 Å². The number of carbonyl (C=O) groups excluding carboxylic acids is 1. The quantitative estimate of drug-likeness (QED) is 0.872. The topological polar surface area (TPSA) is 56.2 Å². The van der Waals surface area contributed by atoms with Gasteiger partial charge in [0, 0.05) is 16.6 Å². The molecule has 1 saturated carbocycles. The molecule has 1 aliphatic heterocycles. The lowest BCUT2D eigenvalue weighted by atomic mass is 9.89. The number of rotatable bonds is 3. The molecule has 6 heteroatoms. The molecule has 20 heavy (non-hydrogen) atoms. The second-order valence-corrected chi connectivity index (χ2v) is 6.47. The van der Waals surface area contributed by atoms with Crippen molar-refractivity contribution in [3.8, 4) is 0 Å². The zero-order chi connectivity index (χ0) is 14.5. The molecule has 1 atom stereocenters. The maximum atomic E-state index is 14.2. The fourth-order valence-corrected chi connectivity index (χ4v) is 2.97. The molecule has 0 bridgehead atoms. The van der Waals surface area contributed by atoms with Gasteiger partial charge in [-0.2, -0.15) is 0 Å². The summed E-state index contributed by atoms with van der Waals surface area (Å²) in [5.41, 5.74) is -0.719. The maximum absolute atomic E-state index is 14.2. The van der Waals surface area contributed by atoms with E-state index >= 15 is 0 Å². The molecule has 1 aromatic carbocycles. The lowest BCUT2D eigenvalue weighted by molar-refractivity contribution is 0.174. The second kappa shape index (κ2) is 4.55. The number of amides is 2. The van der Waals surface area contributed by atoms with Gasteiger partial charge < -0.3 is 4.90 Å². The third-order valence-corrected chi connectivity index (χ3v) is 4.59. The molecule has 0 aromatic heterocycles. The fourth-order valence-electron chi connectivity index (χ4n) is 2.61. The van der Waals surface area contributed by atoms with E-state index in [4.69, 9.17) is 5.41 Å². The standard InChI is InChI=1S/C14H15BrFN3O/c1-14(10-6-9(15)4-5-11(10)16)12(17)18-13(20)19(14)7-8-2-3-8/h4-6,8H,2-3,7H2,1H3,(H2,17,18,20). The molecule has 1 saturated heterocycles. The first kappa shape index (κ1) is 13.5. The summed E-state index contributed by atoms with van der Waals surface area (Å²) >= 11 is 3.32. The Kier molecular flexibility index (Phi) is 3.08. The van der Waals surface area contributed by atoms with Crippen LogP contribution in [-0.4, -0.2) is 23.3 Å². The van der Waals surface area contributed by atoms with Crippen molar-refractivity contribution in [2.45, 2.75) is 25.3 Å². The summed E-state index contributed by atoms with van der Waals surface area (Å²) in [4.78, 5) is 13.7. The van der Waals surface area contributed by atoms with E-state index in [-0.39, 0.29) is 11.9 Å². The highest BCUT2D eigenvalue weighted by Crippen LogP contribution is 2.39. The summed E-state index contributed by atoms with van der Waals surface area (Å²) in [6.45, 7) is 2.29. The average Bonchev–Trinajstić information content (AvgIpc) is 3.18. The van der Waals surface area contributed by atoms with Gasteiger partial charge in [-0.05, 0) is 43.9 Å². The Labute approximate surface area is 125 Å². The smallest absolute Gasteiger partial charge is 0.307 e. The molecule has 2 N–H and O–H groups in total. The van der Waals surface area contributed by atoms with Crippen LogP contribution >= 0.6 is 15.9 Å². The number of hydrogen-bond acceptors (Lipinski definition) is 2. The van der Waals surface area contributed by atoms with Gasteiger partial charge in [0.2, 0.25) is 0 Å². The molecule has 1 unspecified atom stereocenters. The SMILES string of the molecule is CC1(c2cc(Br)ccc2F)C(=N)NC(=O)N1CC1CC1. The summed E-state index contributed by atoms with van der Waals surface area (Å²) in [6.07, 6.45) is 2.18. The van der Waals surface area contributed by atoms with Gasteiger partial charge in [0.05, 0.1) is 0 Å². The van der Waals surface area contributed by atoms with Crippen molar-refractivity contribution in [1.82, 2.24) is 10.2 Å². The van der Waals surface area contributed by atoms with Crippen molar-refractivity contribution in [2.24, 2.45) is 5.92 Å². The Balaban J connectivity index is 2.07. The highest BCUT2D eigenvalue weighted by atomic mass is 79.9. The van der Waals surface area contributed by atoms with Crippen LogP contribution in [0.25, 0.3) is 0 Å². The number of nitrogens with zero attached hydrogens (tertiary/aromatic N) is 1. The van der Waals surface area contributed by atoms with Crippen molar-refractivity contribution in [2.75, 3.05) is 6.54 Å². The zero-order valence-electron chi connectivity index (χ0n) is 11.0. The van der Waals surface area contributed by atoms with Crippen LogP contribution in [0.5, 0.6) is 0 Å². The molecule has 0 radical (unpaired) electrons. The number of urea groups is 1. The number of hydrogen-bond donors (Lipinski definition) is 2. The molecule has 2 aliphatic rings. The minimum atomic E-state index is -1.06. The van der Waals surface area contributed by atoms with Crippen LogP contribution in [0.2, 0.25) is 0 Å². The van der Waals surface area contributed by atoms with Gasteiger partial charge in [-0.15, -0.1) is 0 Å². The van der Waals surface area contributed by atoms with E-state index in [1.165, 1.54) is 6.07 Å². The molecule has 0 spiro atoms. The molecular weight excluding hydrogens is 325 g/mol. The van der Waals surface area contributed by atoms with Crippen LogP contribution in [0, 0.1) is 17.1 Å². The summed E-state index contributed by atoms with van der Waals surface area (Å²) in [5, 5.41) is 10.6. The largest absolute Gasteiger partial charge is 0.323 e. The number of carbonyl (C=O) groups is 1. The summed E-state index contributed by atoms with van der Waals surface area (Å²) in [7, 11) is 0. The predicted molar refractivity (Wildman–Crippen MR) is 77.1 cm³/mol. The average molecular weight is 340 g/mol. The van der Waals surface area contributed by atoms with Gasteiger partial charge in [-0.3, -0.25) is 10.7 Å². The van der Waals surface area contributed by atoms with Crippen molar-refractivity contribution in [3.63, 3.8) is 0 Å².